The normalized spacial score (nSPS) is 9.21. The number of halogens is 2. The van der Waals surface area contributed by atoms with Gasteiger partial charge < -0.3 is 12.4 Å². The largest absolute Gasteiger partial charge is 1.00 e. The van der Waals surface area contributed by atoms with E-state index in [-0.39, 0.29) is 12.4 Å². The predicted molar refractivity (Wildman–Crippen MR) is 61.5 cm³/mol. The molecule has 0 aliphatic heterocycles. The minimum Gasteiger partial charge on any atom is -1.00 e. The molecule has 0 fully saturated rings. The number of hydrogen-bond donors (Lipinski definition) is 2. The van der Waals surface area contributed by atoms with E-state index in [1.54, 1.807) is 10.8 Å². The van der Waals surface area contributed by atoms with Gasteiger partial charge in [0.25, 0.3) is 0 Å². The monoisotopic (exact) mass is 268 g/mol. The van der Waals surface area contributed by atoms with E-state index in [1.165, 1.54) is 16.4 Å². The molecular weight excluding hydrogens is 259 g/mol. The van der Waals surface area contributed by atoms with Gasteiger partial charge in [-0.05, 0) is 17.7 Å². The van der Waals surface area contributed by atoms with Crippen molar-refractivity contribution in [3.05, 3.63) is 34.9 Å². The molecule has 1 rings (SSSR count). The molecule has 0 aromatic heterocycles. The molecule has 4 N–H and O–H groups in total. The summed E-state index contributed by atoms with van der Waals surface area (Å²) in [6.45, 7) is 0. The van der Waals surface area contributed by atoms with Crippen molar-refractivity contribution < 1.29 is 17.8 Å². The summed E-state index contributed by atoms with van der Waals surface area (Å²) in [6, 6.07) is 7.72. The lowest BCUT2D eigenvalue weighted by atomic mass is 10.2. The van der Waals surface area contributed by atoms with Crippen LogP contribution in [0.25, 0.3) is 0 Å². The van der Waals surface area contributed by atoms with Crippen molar-refractivity contribution in [3.63, 3.8) is 0 Å². The van der Waals surface area contributed by atoms with Gasteiger partial charge in [0.1, 0.15) is 0 Å². The molecule has 0 radical (unpaired) electrons. The van der Waals surface area contributed by atoms with Crippen molar-refractivity contribution >= 4 is 38.4 Å². The molecule has 0 unspecified atom stereocenters. The van der Waals surface area contributed by atoms with Gasteiger partial charge in [0.05, 0.1) is 0 Å². The third kappa shape index (κ3) is 5.65. The predicted octanol–water partition coefficient (Wildman–Crippen LogP) is -1.70. The average molecular weight is 269 g/mol. The highest BCUT2D eigenvalue weighted by Crippen LogP contribution is 2.24. The van der Waals surface area contributed by atoms with E-state index in [4.69, 9.17) is 22.7 Å². The lowest BCUT2D eigenvalue weighted by Crippen LogP contribution is -3.00. The summed E-state index contributed by atoms with van der Waals surface area (Å²) in [5, 5.41) is 6.44. The van der Waals surface area contributed by atoms with E-state index in [0.717, 1.165) is 10.8 Å². The Morgan fingerprint density at radius 3 is 2.43 bits per heavy atom. The number of hydrogen-bond acceptors (Lipinski definition) is 2. The molecule has 0 atom stereocenters. The van der Waals surface area contributed by atoms with Crippen LogP contribution in [-0.2, 0) is 5.75 Å². The molecule has 2 nitrogen and oxygen atoms in total. The fourth-order valence-corrected chi connectivity index (χ4v) is 2.39. The van der Waals surface area contributed by atoms with Crippen molar-refractivity contribution in [2.75, 3.05) is 0 Å². The Hall–Kier alpha value is -0.0300. The molecular formula is C8H10Cl2N2S2. The van der Waals surface area contributed by atoms with Crippen LogP contribution < -0.4 is 23.5 Å². The second-order valence-corrected chi connectivity index (χ2v) is 5.18. The second-order valence-electron chi connectivity index (χ2n) is 2.37. The van der Waals surface area contributed by atoms with Crippen LogP contribution in [0.5, 0.6) is 0 Å². The van der Waals surface area contributed by atoms with Crippen LogP contribution in [0, 0.1) is 0 Å². The molecule has 78 valence electrons. The van der Waals surface area contributed by atoms with Crippen molar-refractivity contribution in [1.82, 2.24) is 0 Å². The van der Waals surface area contributed by atoms with Gasteiger partial charge in [-0.1, -0.05) is 34.5 Å². The Balaban J connectivity index is 0.00000169. The topological polar surface area (TPSA) is 51.6 Å². The molecule has 0 saturated heterocycles. The van der Waals surface area contributed by atoms with E-state index >= 15 is 0 Å². The molecule has 0 bridgehead atoms. The standard InChI is InChI=1S/C8H9ClN2S2.ClH/c9-7-3-1-6(2-4-7)5-12-13-8(10)11;/h1-4H,5H2,(H3,10,11);1H. The summed E-state index contributed by atoms with van der Waals surface area (Å²) in [5.41, 5.74) is 6.51. The lowest BCUT2D eigenvalue weighted by Gasteiger charge is -1.98. The highest BCUT2D eigenvalue weighted by Gasteiger charge is 1.98. The van der Waals surface area contributed by atoms with Crippen LogP contribution in [0.4, 0.5) is 0 Å². The Kier molecular flexibility index (Phi) is 7.27. The Morgan fingerprint density at radius 2 is 1.93 bits per heavy atom. The van der Waals surface area contributed by atoms with Gasteiger partial charge in [0, 0.05) is 21.6 Å². The zero-order valence-electron chi connectivity index (χ0n) is 7.24. The maximum Gasteiger partial charge on any atom is 0.310 e. The van der Waals surface area contributed by atoms with Crippen molar-refractivity contribution in [3.8, 4) is 0 Å². The maximum atomic E-state index is 5.74. The summed E-state index contributed by atoms with van der Waals surface area (Å²) >= 11 is 5.74. The Labute approximate surface area is 102 Å². The van der Waals surface area contributed by atoms with Gasteiger partial charge in [-0.3, -0.25) is 11.1 Å². The van der Waals surface area contributed by atoms with Gasteiger partial charge in [-0.15, -0.1) is 0 Å². The summed E-state index contributed by atoms with van der Waals surface area (Å²) in [5.74, 6) is 0.875. The first-order chi connectivity index (χ1) is 6.18. The molecule has 0 aliphatic carbocycles. The number of benzene rings is 1. The van der Waals surface area contributed by atoms with Gasteiger partial charge in [-0.2, -0.15) is 0 Å². The molecule has 14 heavy (non-hydrogen) atoms. The summed E-state index contributed by atoms with van der Waals surface area (Å²) in [7, 11) is 2.99. The molecule has 1 aromatic carbocycles. The summed E-state index contributed by atoms with van der Waals surface area (Å²) < 4.78 is 0. The van der Waals surface area contributed by atoms with Crippen LogP contribution in [0.1, 0.15) is 5.56 Å². The Bertz CT molecular complexity index is 290. The SMILES string of the molecule is NC(=[NH2+])SSCc1ccc(Cl)cc1.[Cl-]. The molecule has 0 saturated carbocycles. The van der Waals surface area contributed by atoms with Crippen LogP contribution in [0.2, 0.25) is 5.02 Å². The second kappa shape index (κ2) is 7.29. The molecule has 0 spiro atoms. The zero-order valence-corrected chi connectivity index (χ0v) is 10.4. The fourth-order valence-electron chi connectivity index (χ4n) is 0.746. The van der Waals surface area contributed by atoms with Crippen LogP contribution >= 0.6 is 33.2 Å². The van der Waals surface area contributed by atoms with Crippen LogP contribution in [0.15, 0.2) is 24.3 Å². The van der Waals surface area contributed by atoms with Gasteiger partial charge in [0.15, 0.2) is 0 Å². The number of rotatable bonds is 3. The summed E-state index contributed by atoms with van der Waals surface area (Å²) in [6.07, 6.45) is 0. The third-order valence-electron chi connectivity index (χ3n) is 1.29. The number of amidine groups is 1. The van der Waals surface area contributed by atoms with E-state index in [9.17, 15) is 0 Å². The van der Waals surface area contributed by atoms with Crippen molar-refractivity contribution in [2.24, 2.45) is 5.73 Å². The fraction of sp³-hybridized carbons (Fsp3) is 0.125. The molecule has 1 aromatic rings. The minimum absolute atomic E-state index is 0. The third-order valence-corrected chi connectivity index (χ3v) is 3.59. The molecule has 0 amide bonds. The minimum atomic E-state index is 0. The maximum absolute atomic E-state index is 5.74. The first-order valence-corrected chi connectivity index (χ1v) is 6.30. The van der Waals surface area contributed by atoms with Gasteiger partial charge in [0.2, 0.25) is 0 Å². The molecule has 0 heterocycles. The Morgan fingerprint density at radius 1 is 1.36 bits per heavy atom. The quantitative estimate of drug-likeness (QED) is 0.391. The first kappa shape index (κ1) is 14.0. The van der Waals surface area contributed by atoms with E-state index in [0.29, 0.717) is 5.17 Å². The van der Waals surface area contributed by atoms with Crippen molar-refractivity contribution in [2.45, 2.75) is 5.75 Å². The lowest BCUT2D eigenvalue weighted by molar-refractivity contribution is -0.109. The number of nitrogens with two attached hydrogens (primary N) is 2. The molecule has 0 aliphatic rings. The molecule has 6 heteroatoms. The first-order valence-electron chi connectivity index (χ1n) is 3.60. The highest BCUT2D eigenvalue weighted by molar-refractivity contribution is 8.81. The van der Waals surface area contributed by atoms with E-state index in [1.807, 2.05) is 24.3 Å². The average Bonchev–Trinajstić information content (AvgIpc) is 2.08. The van der Waals surface area contributed by atoms with Crippen molar-refractivity contribution in [1.29, 1.82) is 0 Å². The zero-order chi connectivity index (χ0) is 9.68. The van der Waals surface area contributed by atoms with E-state index < -0.39 is 0 Å². The van der Waals surface area contributed by atoms with E-state index in [2.05, 4.69) is 0 Å². The summed E-state index contributed by atoms with van der Waals surface area (Å²) in [4.78, 5) is 0. The van der Waals surface area contributed by atoms with Crippen LogP contribution in [0.3, 0.4) is 0 Å². The van der Waals surface area contributed by atoms with Gasteiger partial charge in [-0.25, -0.2) is 0 Å². The van der Waals surface area contributed by atoms with Crippen LogP contribution in [-0.4, -0.2) is 5.17 Å². The van der Waals surface area contributed by atoms with Gasteiger partial charge >= 0.3 is 5.17 Å². The smallest absolute Gasteiger partial charge is 0.310 e. The highest BCUT2D eigenvalue weighted by atomic mass is 35.5.